The van der Waals surface area contributed by atoms with Crippen LogP contribution < -0.4 is 11.2 Å². The fourth-order valence-corrected chi connectivity index (χ4v) is 4.80. The summed E-state index contributed by atoms with van der Waals surface area (Å²) in [7, 11) is -1.96. The van der Waals surface area contributed by atoms with E-state index in [9.17, 15) is 23.1 Å². The zero-order valence-corrected chi connectivity index (χ0v) is 17.2. The number of ether oxygens (including phenoxy) is 1. The van der Waals surface area contributed by atoms with Crippen LogP contribution in [0.2, 0.25) is 0 Å². The van der Waals surface area contributed by atoms with E-state index in [0.29, 0.717) is 44.5 Å². The molecular weight excluding hydrogens is 388 g/mol. The second-order valence-electron chi connectivity index (χ2n) is 8.20. The Kier molecular flexibility index (Phi) is 5.58. The molecule has 2 saturated heterocycles. The first-order valence-electron chi connectivity index (χ1n) is 9.24. The van der Waals surface area contributed by atoms with Gasteiger partial charge >= 0.3 is 5.69 Å². The Morgan fingerprint density at radius 1 is 1.36 bits per heavy atom. The van der Waals surface area contributed by atoms with E-state index < -0.39 is 38.5 Å². The van der Waals surface area contributed by atoms with Crippen molar-refractivity contribution in [2.45, 2.75) is 50.0 Å². The fourth-order valence-electron chi connectivity index (χ4n) is 4.04. The van der Waals surface area contributed by atoms with Gasteiger partial charge in [-0.1, -0.05) is 0 Å². The molecule has 0 saturated carbocycles. The summed E-state index contributed by atoms with van der Waals surface area (Å²) in [6.45, 7) is 3.40. The zero-order valence-electron chi connectivity index (χ0n) is 16.4. The first-order chi connectivity index (χ1) is 12.9. The first-order valence-corrected chi connectivity index (χ1v) is 11.1. The van der Waals surface area contributed by atoms with Crippen LogP contribution in [0.3, 0.4) is 0 Å². The van der Waals surface area contributed by atoms with Gasteiger partial charge in [0.05, 0.1) is 24.5 Å². The molecule has 10 nitrogen and oxygen atoms in total. The van der Waals surface area contributed by atoms with Gasteiger partial charge in [-0.2, -0.15) is 4.31 Å². The molecule has 2 aliphatic heterocycles. The Hall–Kier alpha value is -1.53. The van der Waals surface area contributed by atoms with Gasteiger partial charge in [-0.15, -0.1) is 0 Å². The molecule has 3 N–H and O–H groups in total. The minimum Gasteiger partial charge on any atom is -0.386 e. The Morgan fingerprint density at radius 3 is 2.57 bits per heavy atom. The maximum absolute atomic E-state index is 12.0. The average molecular weight is 417 g/mol. The number of hydrogen-bond donors (Lipinski definition) is 3. The number of piperidine rings is 1. The third kappa shape index (κ3) is 4.38. The number of sulfonamides is 1. The molecule has 3 rings (SSSR count). The van der Waals surface area contributed by atoms with Crippen LogP contribution in [-0.4, -0.2) is 82.9 Å². The van der Waals surface area contributed by atoms with Gasteiger partial charge in [0.1, 0.15) is 5.60 Å². The Bertz CT molecular complexity index is 929. The van der Waals surface area contributed by atoms with E-state index in [1.54, 1.807) is 6.92 Å². The number of hydrogen-bond acceptors (Lipinski definition) is 7. The lowest BCUT2D eigenvalue weighted by Gasteiger charge is -2.52. The molecule has 0 amide bonds. The second-order valence-corrected chi connectivity index (χ2v) is 10.2. The van der Waals surface area contributed by atoms with Crippen molar-refractivity contribution in [3.8, 4) is 0 Å². The number of nitrogens with one attached hydrogen (secondary N) is 2. The van der Waals surface area contributed by atoms with Gasteiger partial charge in [0.2, 0.25) is 10.0 Å². The smallest absolute Gasteiger partial charge is 0.325 e. The summed E-state index contributed by atoms with van der Waals surface area (Å²) in [6, 6.07) is -0.565. The van der Waals surface area contributed by atoms with Crippen LogP contribution in [-0.2, 0) is 21.3 Å². The van der Waals surface area contributed by atoms with Crippen LogP contribution in [0, 0.1) is 0 Å². The van der Waals surface area contributed by atoms with Gasteiger partial charge in [0.15, 0.2) is 0 Å². The minimum atomic E-state index is -3.45. The van der Waals surface area contributed by atoms with E-state index in [0.717, 1.165) is 6.26 Å². The van der Waals surface area contributed by atoms with Crippen LogP contribution in [0.15, 0.2) is 15.8 Å². The molecule has 158 valence electrons. The maximum atomic E-state index is 12.0. The van der Waals surface area contributed by atoms with Crippen molar-refractivity contribution in [2.24, 2.45) is 0 Å². The molecule has 3 heterocycles. The summed E-state index contributed by atoms with van der Waals surface area (Å²) in [5.74, 6) is 0. The number of nitrogens with zero attached hydrogens (tertiary/aromatic N) is 2. The first kappa shape index (κ1) is 21.2. The predicted octanol–water partition coefficient (Wildman–Crippen LogP) is -1.17. The normalized spacial score (nSPS) is 28.7. The molecule has 0 radical (unpaired) electrons. The monoisotopic (exact) mass is 416 g/mol. The maximum Gasteiger partial charge on any atom is 0.325 e. The van der Waals surface area contributed by atoms with Gasteiger partial charge in [-0.25, -0.2) is 13.2 Å². The van der Waals surface area contributed by atoms with Crippen molar-refractivity contribution >= 4 is 10.0 Å². The Labute approximate surface area is 163 Å². The van der Waals surface area contributed by atoms with Crippen LogP contribution in [0.1, 0.15) is 31.7 Å². The van der Waals surface area contributed by atoms with Gasteiger partial charge in [0, 0.05) is 38.4 Å². The highest BCUT2D eigenvalue weighted by Gasteiger charge is 2.51. The van der Waals surface area contributed by atoms with E-state index in [4.69, 9.17) is 4.74 Å². The topological polar surface area (TPSA) is 136 Å². The lowest BCUT2D eigenvalue weighted by molar-refractivity contribution is -0.201. The lowest BCUT2D eigenvalue weighted by atomic mass is 9.77. The van der Waals surface area contributed by atoms with E-state index in [1.165, 1.54) is 17.5 Å². The summed E-state index contributed by atoms with van der Waals surface area (Å²) in [4.78, 5) is 29.8. The molecule has 0 aromatic carbocycles. The number of aromatic amines is 2. The number of likely N-dealkylation sites (tertiary alicyclic amines) is 1. The molecular formula is C17H28N4O6S. The third-order valence-corrected chi connectivity index (χ3v) is 7.27. The van der Waals surface area contributed by atoms with Crippen molar-refractivity contribution in [1.82, 2.24) is 19.2 Å². The van der Waals surface area contributed by atoms with E-state index in [2.05, 4.69) is 14.9 Å². The zero-order chi connectivity index (χ0) is 20.7. The van der Waals surface area contributed by atoms with Crippen molar-refractivity contribution in [1.29, 1.82) is 0 Å². The van der Waals surface area contributed by atoms with Gasteiger partial charge in [-0.3, -0.25) is 14.7 Å². The van der Waals surface area contributed by atoms with E-state index >= 15 is 0 Å². The van der Waals surface area contributed by atoms with Gasteiger partial charge in [0.25, 0.3) is 5.56 Å². The molecule has 1 spiro atoms. The summed E-state index contributed by atoms with van der Waals surface area (Å²) in [6.07, 6.45) is 4.31. The summed E-state index contributed by atoms with van der Waals surface area (Å²) in [5.41, 5.74) is -2.21. The highest BCUT2D eigenvalue weighted by Crippen LogP contribution is 2.40. The Morgan fingerprint density at radius 2 is 2.00 bits per heavy atom. The van der Waals surface area contributed by atoms with Crippen molar-refractivity contribution in [2.75, 3.05) is 33.0 Å². The molecule has 2 fully saturated rings. The number of likely N-dealkylation sites (N-methyl/N-ethyl adjacent to an activating group) is 1. The summed E-state index contributed by atoms with van der Waals surface area (Å²) < 4.78 is 31.3. The van der Waals surface area contributed by atoms with Crippen molar-refractivity contribution in [3.05, 3.63) is 32.6 Å². The Balaban J connectivity index is 1.69. The SMILES string of the molecule is CN([C@H]1CC2(CCN(Cc3c[nH]c(=O)[nH]c3=O)CC2)OC[C@]1(C)O)S(C)(=O)=O. The summed E-state index contributed by atoms with van der Waals surface area (Å²) in [5, 5.41) is 10.7. The van der Waals surface area contributed by atoms with Gasteiger partial charge < -0.3 is 14.8 Å². The van der Waals surface area contributed by atoms with Crippen LogP contribution in [0.25, 0.3) is 0 Å². The minimum absolute atomic E-state index is 0.0666. The quantitative estimate of drug-likeness (QED) is 0.563. The highest BCUT2D eigenvalue weighted by molar-refractivity contribution is 7.88. The highest BCUT2D eigenvalue weighted by atomic mass is 32.2. The number of aromatic nitrogens is 2. The standard InChI is InChI=1S/C17H28N4O6S/c1-16(24)11-27-17(8-13(16)20(2)28(3,25)26)4-6-21(7-5-17)10-12-9-18-15(23)19-14(12)22/h9,13,24H,4-8,10-11H2,1-3H3,(H2,18,19,22,23)/t13-,16-/m0/s1. The molecule has 1 aromatic heterocycles. The predicted molar refractivity (Wildman–Crippen MR) is 103 cm³/mol. The van der Waals surface area contributed by atoms with Crippen molar-refractivity contribution < 1.29 is 18.3 Å². The van der Waals surface area contributed by atoms with Crippen molar-refractivity contribution in [3.63, 3.8) is 0 Å². The number of aliphatic hydroxyl groups is 1. The fraction of sp³-hybridized carbons (Fsp3) is 0.765. The molecule has 1 aromatic rings. The summed E-state index contributed by atoms with van der Waals surface area (Å²) >= 11 is 0. The molecule has 2 aliphatic rings. The lowest BCUT2D eigenvalue weighted by Crippen LogP contribution is -2.63. The third-order valence-electron chi connectivity index (χ3n) is 5.97. The van der Waals surface area contributed by atoms with Crippen LogP contribution in [0.4, 0.5) is 0 Å². The molecule has 2 atom stereocenters. The number of rotatable bonds is 4. The molecule has 28 heavy (non-hydrogen) atoms. The van der Waals surface area contributed by atoms with E-state index in [-0.39, 0.29) is 6.61 Å². The average Bonchev–Trinajstić information content (AvgIpc) is 2.60. The molecule has 11 heteroatoms. The van der Waals surface area contributed by atoms with Crippen LogP contribution in [0.5, 0.6) is 0 Å². The largest absolute Gasteiger partial charge is 0.386 e. The number of H-pyrrole nitrogens is 2. The van der Waals surface area contributed by atoms with Crippen LogP contribution >= 0.6 is 0 Å². The molecule has 0 aliphatic carbocycles. The second kappa shape index (κ2) is 7.38. The van der Waals surface area contributed by atoms with E-state index in [1.807, 2.05) is 0 Å². The molecule has 0 bridgehead atoms. The molecule has 0 unspecified atom stereocenters. The van der Waals surface area contributed by atoms with Gasteiger partial charge in [-0.05, 0) is 26.2 Å².